The molecule has 2 unspecified atom stereocenters. The number of aromatic hydroxyl groups is 1. The lowest BCUT2D eigenvalue weighted by Gasteiger charge is -2.34. The molecule has 3 rings (SSSR count). The van der Waals surface area contributed by atoms with Crippen LogP contribution in [-0.2, 0) is 31.9 Å². The molecule has 0 amide bonds. The highest BCUT2D eigenvalue weighted by molar-refractivity contribution is 5.73. The lowest BCUT2D eigenvalue weighted by molar-refractivity contribution is -0.228. The molecule has 15 heteroatoms. The zero-order valence-electron chi connectivity index (χ0n) is 25.8. The maximum atomic E-state index is 11.3. The molecule has 0 radical (unpaired) electrons. The van der Waals surface area contributed by atoms with Crippen molar-refractivity contribution in [2.24, 2.45) is 11.8 Å². The minimum atomic E-state index is -2.02. The Hall–Kier alpha value is -3.70. The number of ether oxygens (including phenoxy) is 5. The van der Waals surface area contributed by atoms with Gasteiger partial charge in [-0.3, -0.25) is 0 Å². The van der Waals surface area contributed by atoms with Crippen LogP contribution in [0.4, 0.5) is 0 Å². The molecule has 1 aliphatic rings. The van der Waals surface area contributed by atoms with E-state index in [0.717, 1.165) is 18.2 Å². The summed E-state index contributed by atoms with van der Waals surface area (Å²) < 4.78 is 26.2. The largest absolute Gasteiger partial charge is 0.504 e. The molecule has 1 saturated heterocycles. The van der Waals surface area contributed by atoms with E-state index in [0.29, 0.717) is 12.8 Å². The van der Waals surface area contributed by atoms with Gasteiger partial charge in [0.2, 0.25) is 12.6 Å². The molecule has 1 heterocycles. The van der Waals surface area contributed by atoms with Crippen molar-refractivity contribution >= 4 is 11.9 Å². The summed E-state index contributed by atoms with van der Waals surface area (Å²) in [6.45, 7) is 4.05. The van der Waals surface area contributed by atoms with Gasteiger partial charge in [-0.25, -0.2) is 9.59 Å². The molecule has 0 aromatic heterocycles. The third-order valence-electron chi connectivity index (χ3n) is 7.97. The van der Waals surface area contributed by atoms with E-state index in [1.807, 2.05) is 13.8 Å². The molecule has 1 aliphatic heterocycles. The van der Waals surface area contributed by atoms with Crippen molar-refractivity contribution in [2.75, 3.05) is 14.2 Å². The molecule has 46 heavy (non-hydrogen) atoms. The van der Waals surface area contributed by atoms with Crippen molar-refractivity contribution in [3.8, 4) is 23.0 Å². The summed E-state index contributed by atoms with van der Waals surface area (Å²) in [5.41, 5.74) is 1.58. The minimum Gasteiger partial charge on any atom is -0.504 e. The van der Waals surface area contributed by atoms with Crippen LogP contribution in [-0.4, -0.2) is 116 Å². The third-order valence-corrected chi connectivity index (χ3v) is 7.97. The second-order valence-corrected chi connectivity index (χ2v) is 11.4. The van der Waals surface area contributed by atoms with Gasteiger partial charge in [0.15, 0.2) is 35.2 Å². The molecule has 0 bridgehead atoms. The summed E-state index contributed by atoms with van der Waals surface area (Å²) in [6, 6.07) is 9.77. The van der Waals surface area contributed by atoms with Gasteiger partial charge in [0.25, 0.3) is 0 Å². The fourth-order valence-electron chi connectivity index (χ4n) is 5.07. The summed E-state index contributed by atoms with van der Waals surface area (Å²) in [7, 11) is 2.42. The highest BCUT2D eigenvalue weighted by Gasteiger charge is 2.42. The first kappa shape index (κ1) is 36.8. The minimum absolute atomic E-state index is 0.0217. The van der Waals surface area contributed by atoms with Gasteiger partial charge in [-0.2, -0.15) is 0 Å². The van der Waals surface area contributed by atoms with Gasteiger partial charge in [0.1, 0.15) is 18.3 Å². The van der Waals surface area contributed by atoms with Crippen molar-refractivity contribution in [1.29, 1.82) is 0 Å². The molecule has 0 spiro atoms. The van der Waals surface area contributed by atoms with Crippen LogP contribution in [0.5, 0.6) is 23.0 Å². The Morgan fingerprint density at radius 2 is 1.48 bits per heavy atom. The summed E-state index contributed by atoms with van der Waals surface area (Å²) in [5, 5.41) is 79.5. The molecule has 2 aromatic rings. The van der Waals surface area contributed by atoms with Gasteiger partial charge in [-0.1, -0.05) is 26.0 Å². The standard InChI is InChI=1S/C31H42O15/c1-14(9-16-5-7-20(18(32)11-16)44-23-13-19(33)24(34)28(46-23)30(39)40)15(2)10-17-6-8-21(42-3)22(12-17)45-31(41)26(36)25(35)27(43-4)29(37)38/h5-8,11-12,14-15,19,23-28,31-36,41H,9-10,13H2,1-4H3,(H,37,38)(H,39,40)/t14?,15?,19-,23-,24+,25+,26+,27+,28+,31+/m1/s1. The predicted octanol–water partition coefficient (Wildman–Crippen LogP) is 0.277. The maximum absolute atomic E-state index is 11.3. The van der Waals surface area contributed by atoms with E-state index in [1.165, 1.54) is 19.2 Å². The molecular formula is C31H42O15. The van der Waals surface area contributed by atoms with Gasteiger partial charge in [-0.05, 0) is 60.1 Å². The Labute approximate surface area is 265 Å². The monoisotopic (exact) mass is 654 g/mol. The van der Waals surface area contributed by atoms with Gasteiger partial charge in [0, 0.05) is 13.5 Å². The Bertz CT molecular complexity index is 1320. The zero-order valence-corrected chi connectivity index (χ0v) is 25.8. The van der Waals surface area contributed by atoms with E-state index >= 15 is 0 Å². The predicted molar refractivity (Wildman–Crippen MR) is 157 cm³/mol. The summed E-state index contributed by atoms with van der Waals surface area (Å²) in [4.78, 5) is 22.6. The molecule has 0 saturated carbocycles. The second-order valence-electron chi connectivity index (χ2n) is 11.4. The number of carbonyl (C=O) groups is 2. The smallest absolute Gasteiger partial charge is 0.335 e. The number of rotatable bonds is 16. The fraction of sp³-hybridized carbons (Fsp3) is 0.548. The summed E-state index contributed by atoms with van der Waals surface area (Å²) in [6.07, 6.45) is -12.7. The quantitative estimate of drug-likeness (QED) is 0.113. The van der Waals surface area contributed by atoms with Crippen LogP contribution in [0.15, 0.2) is 36.4 Å². The highest BCUT2D eigenvalue weighted by atomic mass is 16.7. The van der Waals surface area contributed by atoms with Crippen LogP contribution in [0.25, 0.3) is 0 Å². The average molecular weight is 655 g/mol. The van der Waals surface area contributed by atoms with Crippen LogP contribution >= 0.6 is 0 Å². The normalized spacial score (nSPS) is 23.8. The van der Waals surface area contributed by atoms with Crippen LogP contribution in [0.3, 0.4) is 0 Å². The Kier molecular flexibility index (Phi) is 13.0. The molecule has 0 aliphatic carbocycles. The highest BCUT2D eigenvalue weighted by Crippen LogP contribution is 2.34. The number of aliphatic hydroxyl groups excluding tert-OH is 5. The second kappa shape index (κ2) is 16.2. The molecule has 256 valence electrons. The number of aliphatic carboxylic acids is 2. The number of phenols is 1. The van der Waals surface area contributed by atoms with E-state index in [9.17, 15) is 45.3 Å². The number of phenolic OH excluding ortho intramolecular Hbond substituents is 1. The lowest BCUT2D eigenvalue weighted by atomic mass is 9.85. The number of methoxy groups -OCH3 is 2. The summed E-state index contributed by atoms with van der Waals surface area (Å²) in [5.74, 6) is -2.71. The van der Waals surface area contributed by atoms with E-state index in [-0.39, 0.29) is 41.3 Å². The summed E-state index contributed by atoms with van der Waals surface area (Å²) >= 11 is 0. The van der Waals surface area contributed by atoms with E-state index in [1.54, 1.807) is 24.3 Å². The van der Waals surface area contributed by atoms with Gasteiger partial charge in [0.05, 0.1) is 13.2 Å². The van der Waals surface area contributed by atoms with Crippen molar-refractivity contribution < 1.29 is 74.1 Å². The Morgan fingerprint density at radius 1 is 0.891 bits per heavy atom. The van der Waals surface area contributed by atoms with Crippen LogP contribution in [0, 0.1) is 11.8 Å². The Morgan fingerprint density at radius 3 is 2.00 bits per heavy atom. The molecule has 2 aromatic carbocycles. The third kappa shape index (κ3) is 9.19. The van der Waals surface area contributed by atoms with Gasteiger partial charge >= 0.3 is 11.9 Å². The van der Waals surface area contributed by atoms with E-state index in [4.69, 9.17) is 24.1 Å². The molecule has 8 N–H and O–H groups in total. The molecule has 15 nitrogen and oxygen atoms in total. The van der Waals surface area contributed by atoms with Crippen molar-refractivity contribution in [1.82, 2.24) is 0 Å². The van der Waals surface area contributed by atoms with Crippen LogP contribution in [0.2, 0.25) is 0 Å². The number of carboxylic acids is 2. The van der Waals surface area contributed by atoms with Gasteiger partial charge in [-0.15, -0.1) is 0 Å². The van der Waals surface area contributed by atoms with E-state index in [2.05, 4.69) is 4.74 Å². The first-order chi connectivity index (χ1) is 21.7. The first-order valence-corrected chi connectivity index (χ1v) is 14.5. The van der Waals surface area contributed by atoms with E-state index < -0.39 is 61.1 Å². The number of hydrogen-bond donors (Lipinski definition) is 8. The van der Waals surface area contributed by atoms with Crippen molar-refractivity contribution in [3.05, 3.63) is 47.5 Å². The first-order valence-electron chi connectivity index (χ1n) is 14.5. The topological polar surface area (TPSA) is 242 Å². The average Bonchev–Trinajstić information content (AvgIpc) is 2.99. The van der Waals surface area contributed by atoms with Crippen molar-refractivity contribution in [3.63, 3.8) is 0 Å². The van der Waals surface area contributed by atoms with Crippen molar-refractivity contribution in [2.45, 2.75) is 82.3 Å². The lowest BCUT2D eigenvalue weighted by Crippen LogP contribution is -2.53. The number of hydrogen-bond acceptors (Lipinski definition) is 13. The molecule has 1 fully saturated rings. The molecule has 10 atom stereocenters. The number of carboxylic acid groups (broad SMARTS) is 2. The maximum Gasteiger partial charge on any atom is 0.335 e. The number of aliphatic hydroxyl groups is 5. The fourth-order valence-corrected chi connectivity index (χ4v) is 5.07. The van der Waals surface area contributed by atoms with Gasteiger partial charge < -0.3 is 64.5 Å². The zero-order chi connectivity index (χ0) is 34.3. The van der Waals surface area contributed by atoms with Crippen LogP contribution in [0.1, 0.15) is 31.4 Å². The SMILES string of the molecule is COc1ccc(CC(C)C(C)Cc2ccc(O[C@H]3C[C@@H](O)[C@H](O)[C@@H](C(=O)O)O3)c(O)c2)cc1O[C@H](O)[C@@H](O)[C@H](O)[C@H](OC)C(=O)O. The van der Waals surface area contributed by atoms with Crippen LogP contribution < -0.4 is 14.2 Å². The number of benzene rings is 2. The Balaban J connectivity index is 1.63. The molecular weight excluding hydrogens is 612 g/mol.